The Bertz CT molecular complexity index is 345. The molecule has 0 saturated carbocycles. The Morgan fingerprint density at radius 3 is 2.37 bits per heavy atom. The second-order valence-electron chi connectivity index (χ2n) is 3.61. The van der Waals surface area contributed by atoms with Gasteiger partial charge in [-0.05, 0) is 12.8 Å². The predicted molar refractivity (Wildman–Crippen MR) is 64.0 cm³/mol. The molecular weight excluding hydrogens is 258 g/mol. The minimum absolute atomic E-state index is 0.124. The molecular formula is C9H17N5O5. The second kappa shape index (κ2) is 8.69. The van der Waals surface area contributed by atoms with Gasteiger partial charge in [0.2, 0.25) is 5.91 Å². The zero-order chi connectivity index (χ0) is 14.8. The van der Waals surface area contributed by atoms with E-state index < -0.39 is 24.1 Å². The van der Waals surface area contributed by atoms with E-state index in [9.17, 15) is 19.2 Å². The number of amides is 5. The number of urea groups is 2. The number of carbonyl (C=O) groups excluding carboxylic acids is 3. The van der Waals surface area contributed by atoms with Crippen molar-refractivity contribution in [2.24, 2.45) is 11.5 Å². The first kappa shape index (κ1) is 16.6. The fourth-order valence-corrected chi connectivity index (χ4v) is 1.03. The lowest BCUT2D eigenvalue weighted by Gasteiger charge is -2.05. The summed E-state index contributed by atoms with van der Waals surface area (Å²) in [5.74, 6) is -1.29. The average molecular weight is 275 g/mol. The van der Waals surface area contributed by atoms with Crippen LogP contribution >= 0.6 is 0 Å². The maximum Gasteiger partial charge on any atom is 0.321 e. The van der Waals surface area contributed by atoms with Crippen molar-refractivity contribution >= 4 is 23.9 Å². The van der Waals surface area contributed by atoms with E-state index in [1.165, 1.54) is 0 Å². The SMILES string of the molecule is NC(=O)NCCCC(N)C(=O)O.O=C1CNC(=O)N1. The molecule has 0 aromatic carbocycles. The molecule has 1 heterocycles. The molecule has 1 saturated heterocycles. The van der Waals surface area contributed by atoms with Crippen LogP contribution in [0, 0.1) is 0 Å². The molecule has 1 aliphatic heterocycles. The van der Waals surface area contributed by atoms with E-state index >= 15 is 0 Å². The van der Waals surface area contributed by atoms with Gasteiger partial charge in [0.1, 0.15) is 6.04 Å². The number of hydrogen-bond acceptors (Lipinski definition) is 5. The molecule has 0 aromatic rings. The van der Waals surface area contributed by atoms with Gasteiger partial charge >= 0.3 is 18.0 Å². The van der Waals surface area contributed by atoms with Crippen LogP contribution in [0.15, 0.2) is 0 Å². The van der Waals surface area contributed by atoms with Crippen LogP contribution in [0.4, 0.5) is 9.59 Å². The standard InChI is InChI=1S/C6H13N3O3.C3H4N2O2/c7-4(5(10)11)2-1-3-9-6(8)12;6-2-1-4-3(7)5-2/h4H,1-3,7H2,(H,10,11)(H3,8,9,12);1H2,(H2,4,5,6,7). The van der Waals surface area contributed by atoms with E-state index in [1.807, 2.05) is 5.32 Å². The monoisotopic (exact) mass is 275 g/mol. The first-order chi connectivity index (χ1) is 8.82. The second-order valence-corrected chi connectivity index (χ2v) is 3.61. The summed E-state index contributed by atoms with van der Waals surface area (Å²) in [5.41, 5.74) is 9.96. The van der Waals surface area contributed by atoms with Crippen molar-refractivity contribution in [1.29, 1.82) is 0 Å². The van der Waals surface area contributed by atoms with Gasteiger partial charge in [-0.25, -0.2) is 9.59 Å². The smallest absolute Gasteiger partial charge is 0.321 e. The molecule has 1 unspecified atom stereocenters. The molecule has 0 spiro atoms. The Labute approximate surface area is 108 Å². The Hall–Kier alpha value is -2.36. The first-order valence-electron chi connectivity index (χ1n) is 5.42. The summed E-state index contributed by atoms with van der Waals surface area (Å²) >= 11 is 0. The van der Waals surface area contributed by atoms with Crippen LogP contribution in [0.25, 0.3) is 0 Å². The minimum atomic E-state index is -1.03. The highest BCUT2D eigenvalue weighted by molar-refractivity contribution is 6.01. The van der Waals surface area contributed by atoms with E-state index in [-0.39, 0.29) is 12.5 Å². The highest BCUT2D eigenvalue weighted by atomic mass is 16.4. The summed E-state index contributed by atoms with van der Waals surface area (Å²) in [6.07, 6.45) is 0.839. The molecule has 8 N–H and O–H groups in total. The first-order valence-corrected chi connectivity index (χ1v) is 5.42. The Balaban J connectivity index is 0.000000388. The molecule has 10 heteroatoms. The van der Waals surface area contributed by atoms with Gasteiger partial charge in [0.25, 0.3) is 0 Å². The Morgan fingerprint density at radius 2 is 2.05 bits per heavy atom. The zero-order valence-corrected chi connectivity index (χ0v) is 10.1. The van der Waals surface area contributed by atoms with Gasteiger partial charge in [-0.3, -0.25) is 14.9 Å². The summed E-state index contributed by atoms with van der Waals surface area (Å²) in [7, 11) is 0. The number of carboxylic acid groups (broad SMARTS) is 1. The van der Waals surface area contributed by atoms with Gasteiger partial charge in [-0.2, -0.15) is 0 Å². The van der Waals surface area contributed by atoms with Gasteiger partial charge in [0, 0.05) is 6.54 Å². The number of nitrogens with one attached hydrogen (secondary N) is 3. The maximum atomic E-state index is 10.2. The number of primary amides is 1. The van der Waals surface area contributed by atoms with Crippen LogP contribution in [0.5, 0.6) is 0 Å². The lowest BCUT2D eigenvalue weighted by atomic mass is 10.2. The maximum absolute atomic E-state index is 10.2. The van der Waals surface area contributed by atoms with Crippen molar-refractivity contribution in [3.8, 4) is 0 Å². The number of nitrogens with two attached hydrogens (primary N) is 2. The van der Waals surface area contributed by atoms with Gasteiger partial charge in [-0.1, -0.05) is 0 Å². The van der Waals surface area contributed by atoms with Gasteiger partial charge in [0.05, 0.1) is 6.54 Å². The zero-order valence-electron chi connectivity index (χ0n) is 10.1. The topological polar surface area (TPSA) is 177 Å². The van der Waals surface area contributed by atoms with Crippen molar-refractivity contribution in [1.82, 2.24) is 16.0 Å². The van der Waals surface area contributed by atoms with E-state index in [4.69, 9.17) is 16.6 Å². The third kappa shape index (κ3) is 9.35. The molecule has 0 aromatic heterocycles. The minimum Gasteiger partial charge on any atom is -0.480 e. The third-order valence-electron chi connectivity index (χ3n) is 1.97. The van der Waals surface area contributed by atoms with Crippen LogP contribution in [0.1, 0.15) is 12.8 Å². The highest BCUT2D eigenvalue weighted by Crippen LogP contribution is 1.92. The Morgan fingerprint density at radius 1 is 1.42 bits per heavy atom. The summed E-state index contributed by atoms with van der Waals surface area (Å²) in [6.45, 7) is 0.481. The molecule has 108 valence electrons. The van der Waals surface area contributed by atoms with E-state index in [2.05, 4.69) is 10.6 Å². The number of hydrogen-bond donors (Lipinski definition) is 6. The lowest BCUT2D eigenvalue weighted by molar-refractivity contribution is -0.138. The van der Waals surface area contributed by atoms with Crippen LogP contribution < -0.4 is 27.4 Å². The molecule has 0 radical (unpaired) electrons. The van der Waals surface area contributed by atoms with Crippen molar-refractivity contribution in [2.45, 2.75) is 18.9 Å². The largest absolute Gasteiger partial charge is 0.480 e. The quantitative estimate of drug-likeness (QED) is 0.242. The number of aliphatic carboxylic acids is 1. The van der Waals surface area contributed by atoms with Crippen molar-refractivity contribution in [2.75, 3.05) is 13.1 Å². The van der Waals surface area contributed by atoms with Crippen molar-refractivity contribution in [3.05, 3.63) is 0 Å². The van der Waals surface area contributed by atoms with Gasteiger partial charge in [-0.15, -0.1) is 0 Å². The fraction of sp³-hybridized carbons (Fsp3) is 0.556. The number of imide groups is 1. The van der Waals surface area contributed by atoms with Crippen LogP contribution in [0.3, 0.4) is 0 Å². The molecule has 0 aliphatic carbocycles. The molecule has 1 rings (SSSR count). The van der Waals surface area contributed by atoms with Gasteiger partial charge < -0.3 is 27.2 Å². The van der Waals surface area contributed by atoms with E-state index in [1.54, 1.807) is 0 Å². The molecule has 5 amide bonds. The van der Waals surface area contributed by atoms with Crippen LogP contribution in [-0.2, 0) is 9.59 Å². The van der Waals surface area contributed by atoms with E-state index in [0.717, 1.165) is 0 Å². The fourth-order valence-electron chi connectivity index (χ4n) is 1.03. The summed E-state index contributed by atoms with van der Waals surface area (Å²) in [6, 6.07) is -1.87. The lowest BCUT2D eigenvalue weighted by Crippen LogP contribution is -2.33. The normalized spacial score (nSPS) is 14.6. The highest BCUT2D eigenvalue weighted by Gasteiger charge is 2.14. The summed E-state index contributed by atoms with van der Waals surface area (Å²) in [5, 5.41) is 15.0. The number of carboxylic acids is 1. The van der Waals surface area contributed by atoms with Gasteiger partial charge in [0.15, 0.2) is 0 Å². The average Bonchev–Trinajstić information content (AvgIpc) is 2.68. The summed E-state index contributed by atoms with van der Waals surface area (Å²) in [4.78, 5) is 40.4. The molecule has 19 heavy (non-hydrogen) atoms. The number of rotatable bonds is 5. The third-order valence-corrected chi connectivity index (χ3v) is 1.97. The predicted octanol–water partition coefficient (Wildman–Crippen LogP) is -2.33. The van der Waals surface area contributed by atoms with Crippen molar-refractivity contribution < 1.29 is 24.3 Å². The molecule has 0 bridgehead atoms. The molecule has 10 nitrogen and oxygen atoms in total. The molecule has 1 atom stereocenters. The van der Waals surface area contributed by atoms with Crippen LogP contribution in [0.2, 0.25) is 0 Å². The van der Waals surface area contributed by atoms with E-state index in [0.29, 0.717) is 19.4 Å². The molecule has 1 aliphatic rings. The van der Waals surface area contributed by atoms with Crippen LogP contribution in [-0.4, -0.2) is 48.2 Å². The molecule has 1 fully saturated rings. The summed E-state index contributed by atoms with van der Waals surface area (Å²) < 4.78 is 0. The Kier molecular flexibility index (Phi) is 7.61. The van der Waals surface area contributed by atoms with Crippen molar-refractivity contribution in [3.63, 3.8) is 0 Å². The number of carbonyl (C=O) groups is 4.